The lowest BCUT2D eigenvalue weighted by Crippen LogP contribution is -2.32. The van der Waals surface area contributed by atoms with Crippen LogP contribution in [0.2, 0.25) is 0 Å². The van der Waals surface area contributed by atoms with Crippen LogP contribution in [0.5, 0.6) is 5.75 Å². The molecule has 0 fully saturated rings. The lowest BCUT2D eigenvalue weighted by atomic mass is 10.1. The molecule has 2 aromatic carbocycles. The van der Waals surface area contributed by atoms with Crippen molar-refractivity contribution in [1.29, 1.82) is 0 Å². The SMILES string of the molecule is CN(C)CCOCc1ccc2c(c1)CN(S(=O)(=O)c1ccc(F)cc1)CCO2. The zero-order valence-electron chi connectivity index (χ0n) is 16.1. The van der Waals surface area contributed by atoms with E-state index >= 15 is 0 Å². The fourth-order valence-electron chi connectivity index (χ4n) is 2.91. The molecular weight excluding hydrogens is 383 g/mol. The van der Waals surface area contributed by atoms with Crippen molar-refractivity contribution in [3.63, 3.8) is 0 Å². The molecule has 0 spiro atoms. The topological polar surface area (TPSA) is 59.1 Å². The Kier molecular flexibility index (Phi) is 6.66. The van der Waals surface area contributed by atoms with E-state index in [1.54, 1.807) is 0 Å². The van der Waals surface area contributed by atoms with E-state index in [1.165, 1.54) is 16.4 Å². The predicted octanol–water partition coefficient (Wildman–Crippen LogP) is 2.49. The van der Waals surface area contributed by atoms with Crippen LogP contribution in [0.25, 0.3) is 0 Å². The standard InChI is InChI=1S/C20H25FN2O4S/c1-22(2)9-11-26-15-16-3-8-20-17(13-16)14-23(10-12-27-20)28(24,25)19-6-4-18(21)5-7-19/h3-8,13H,9-12,14-15H2,1-2H3. The maximum atomic E-state index is 13.2. The number of hydrogen-bond donors (Lipinski definition) is 0. The number of halogens is 1. The molecule has 1 aliphatic heterocycles. The first-order valence-corrected chi connectivity index (χ1v) is 10.5. The Labute approximate surface area is 165 Å². The number of sulfonamides is 1. The highest BCUT2D eigenvalue weighted by atomic mass is 32.2. The molecule has 0 N–H and O–H groups in total. The second-order valence-electron chi connectivity index (χ2n) is 6.94. The lowest BCUT2D eigenvalue weighted by Gasteiger charge is -2.19. The van der Waals surface area contributed by atoms with Crippen LogP contribution < -0.4 is 4.74 Å². The predicted molar refractivity (Wildman–Crippen MR) is 104 cm³/mol. The van der Waals surface area contributed by atoms with Crippen molar-refractivity contribution < 1.29 is 22.3 Å². The van der Waals surface area contributed by atoms with Gasteiger partial charge in [-0.05, 0) is 56.1 Å². The van der Waals surface area contributed by atoms with Crippen molar-refractivity contribution in [2.24, 2.45) is 0 Å². The molecule has 28 heavy (non-hydrogen) atoms. The van der Waals surface area contributed by atoms with E-state index in [-0.39, 0.29) is 24.6 Å². The summed E-state index contributed by atoms with van der Waals surface area (Å²) in [5.41, 5.74) is 1.75. The summed E-state index contributed by atoms with van der Waals surface area (Å²) in [6.07, 6.45) is 0. The molecule has 1 heterocycles. The van der Waals surface area contributed by atoms with E-state index in [9.17, 15) is 12.8 Å². The molecule has 152 valence electrons. The van der Waals surface area contributed by atoms with Crippen LogP contribution in [0, 0.1) is 5.82 Å². The van der Waals surface area contributed by atoms with Crippen LogP contribution in [0.1, 0.15) is 11.1 Å². The molecule has 0 atom stereocenters. The third-order valence-corrected chi connectivity index (χ3v) is 6.33. The molecule has 1 aliphatic rings. The smallest absolute Gasteiger partial charge is 0.243 e. The second-order valence-corrected chi connectivity index (χ2v) is 8.88. The van der Waals surface area contributed by atoms with Crippen molar-refractivity contribution in [2.45, 2.75) is 18.0 Å². The Morgan fingerprint density at radius 2 is 1.93 bits per heavy atom. The number of likely N-dealkylation sites (N-methyl/N-ethyl adjacent to an activating group) is 1. The number of ether oxygens (including phenoxy) is 2. The first-order chi connectivity index (χ1) is 13.4. The highest BCUT2D eigenvalue weighted by Crippen LogP contribution is 2.28. The molecular formula is C20H25FN2O4S. The average molecular weight is 408 g/mol. The van der Waals surface area contributed by atoms with Gasteiger partial charge in [0, 0.05) is 25.2 Å². The monoisotopic (exact) mass is 408 g/mol. The molecule has 0 bridgehead atoms. The van der Waals surface area contributed by atoms with Crippen LogP contribution in [0.4, 0.5) is 4.39 Å². The molecule has 0 unspecified atom stereocenters. The lowest BCUT2D eigenvalue weighted by molar-refractivity contribution is 0.105. The third-order valence-electron chi connectivity index (χ3n) is 4.47. The number of hydrogen-bond acceptors (Lipinski definition) is 5. The van der Waals surface area contributed by atoms with E-state index in [2.05, 4.69) is 0 Å². The van der Waals surface area contributed by atoms with Gasteiger partial charge in [-0.15, -0.1) is 0 Å². The molecule has 0 saturated heterocycles. The minimum atomic E-state index is -3.74. The van der Waals surface area contributed by atoms with Gasteiger partial charge >= 0.3 is 0 Å². The Bertz CT molecular complexity index is 901. The minimum Gasteiger partial charge on any atom is -0.492 e. The number of fused-ring (bicyclic) bond motifs is 1. The van der Waals surface area contributed by atoms with E-state index < -0.39 is 15.8 Å². The largest absolute Gasteiger partial charge is 0.492 e. The number of rotatable bonds is 7. The van der Waals surface area contributed by atoms with Crippen molar-refractivity contribution in [3.8, 4) is 5.75 Å². The molecule has 8 heteroatoms. The Hall–Kier alpha value is -2.00. The van der Waals surface area contributed by atoms with Gasteiger partial charge in [0.15, 0.2) is 0 Å². The van der Waals surface area contributed by atoms with Gasteiger partial charge in [-0.1, -0.05) is 6.07 Å². The van der Waals surface area contributed by atoms with Gasteiger partial charge in [0.2, 0.25) is 10.0 Å². The molecule has 0 amide bonds. The summed E-state index contributed by atoms with van der Waals surface area (Å²) >= 11 is 0. The van der Waals surface area contributed by atoms with Gasteiger partial charge in [0.25, 0.3) is 0 Å². The summed E-state index contributed by atoms with van der Waals surface area (Å²) in [6, 6.07) is 10.6. The van der Waals surface area contributed by atoms with Crippen molar-refractivity contribution in [3.05, 3.63) is 59.4 Å². The van der Waals surface area contributed by atoms with E-state index in [0.29, 0.717) is 19.0 Å². The maximum absolute atomic E-state index is 13.2. The van der Waals surface area contributed by atoms with Gasteiger partial charge in [0.1, 0.15) is 18.2 Å². The summed E-state index contributed by atoms with van der Waals surface area (Å²) in [6.45, 7) is 2.57. The summed E-state index contributed by atoms with van der Waals surface area (Å²) in [5, 5.41) is 0. The van der Waals surface area contributed by atoms with Crippen LogP contribution in [0.3, 0.4) is 0 Å². The molecule has 0 radical (unpaired) electrons. The zero-order valence-corrected chi connectivity index (χ0v) is 16.9. The Morgan fingerprint density at radius 1 is 1.18 bits per heavy atom. The first kappa shape index (κ1) is 20.7. The van der Waals surface area contributed by atoms with Gasteiger partial charge in [-0.3, -0.25) is 0 Å². The maximum Gasteiger partial charge on any atom is 0.243 e. The van der Waals surface area contributed by atoms with Crippen molar-refractivity contribution in [2.75, 3.05) is 40.4 Å². The van der Waals surface area contributed by atoms with Crippen LogP contribution >= 0.6 is 0 Å². The summed E-state index contributed by atoms with van der Waals surface area (Å²) in [5.74, 6) is 0.205. The summed E-state index contributed by atoms with van der Waals surface area (Å²) in [4.78, 5) is 2.11. The number of benzene rings is 2. The van der Waals surface area contributed by atoms with Crippen LogP contribution in [-0.4, -0.2) is 58.0 Å². The molecule has 2 aromatic rings. The van der Waals surface area contributed by atoms with Gasteiger partial charge in [0.05, 0.1) is 18.1 Å². The molecule has 0 saturated carbocycles. The highest BCUT2D eigenvalue weighted by molar-refractivity contribution is 7.89. The quantitative estimate of drug-likeness (QED) is 0.659. The first-order valence-electron chi connectivity index (χ1n) is 9.09. The minimum absolute atomic E-state index is 0.0699. The van der Waals surface area contributed by atoms with Gasteiger partial charge < -0.3 is 14.4 Å². The highest BCUT2D eigenvalue weighted by Gasteiger charge is 2.27. The van der Waals surface area contributed by atoms with Gasteiger partial charge in [-0.25, -0.2) is 12.8 Å². The summed E-state index contributed by atoms with van der Waals surface area (Å²) in [7, 11) is 0.232. The van der Waals surface area contributed by atoms with Crippen molar-refractivity contribution >= 4 is 10.0 Å². The zero-order chi connectivity index (χ0) is 20.1. The van der Waals surface area contributed by atoms with Gasteiger partial charge in [-0.2, -0.15) is 4.31 Å². The molecule has 6 nitrogen and oxygen atoms in total. The average Bonchev–Trinajstić information content (AvgIpc) is 2.88. The van der Waals surface area contributed by atoms with E-state index in [1.807, 2.05) is 37.2 Å². The summed E-state index contributed by atoms with van der Waals surface area (Å²) < 4.78 is 51.8. The molecule has 3 rings (SSSR count). The van der Waals surface area contributed by atoms with E-state index in [4.69, 9.17) is 9.47 Å². The van der Waals surface area contributed by atoms with Crippen LogP contribution in [-0.2, 0) is 27.9 Å². The van der Waals surface area contributed by atoms with Crippen molar-refractivity contribution in [1.82, 2.24) is 9.21 Å². The number of nitrogens with zero attached hydrogens (tertiary/aromatic N) is 2. The Balaban J connectivity index is 1.75. The van der Waals surface area contributed by atoms with E-state index in [0.717, 1.165) is 29.8 Å². The molecule has 0 aliphatic carbocycles. The third kappa shape index (κ3) is 5.08. The van der Waals surface area contributed by atoms with Crippen LogP contribution in [0.15, 0.2) is 47.4 Å². The Morgan fingerprint density at radius 3 is 2.64 bits per heavy atom. The normalized spacial score (nSPS) is 15.1. The second kappa shape index (κ2) is 9.00. The fourth-order valence-corrected chi connectivity index (χ4v) is 4.31. The fraction of sp³-hybridized carbons (Fsp3) is 0.400. The molecule has 0 aromatic heterocycles.